The van der Waals surface area contributed by atoms with Crippen molar-refractivity contribution in [3.8, 4) is 0 Å². The maximum Gasteiger partial charge on any atom is 3.00 e. The van der Waals surface area contributed by atoms with Gasteiger partial charge < -0.3 is 27.4 Å². The third-order valence-electron chi connectivity index (χ3n) is 0. The first-order valence-electron chi connectivity index (χ1n) is 0. The third kappa shape index (κ3) is 67.7. The van der Waals surface area contributed by atoms with Crippen LogP contribution in [0.1, 0.15) is 0 Å². The zero-order valence-electron chi connectivity index (χ0n) is 4.35. The van der Waals surface area contributed by atoms with Crippen LogP contribution in [0.4, 0.5) is 0 Å². The first-order valence-corrected chi connectivity index (χ1v) is 0. The molecule has 9 heteroatoms. The van der Waals surface area contributed by atoms with Gasteiger partial charge in [-0.2, -0.15) is 0 Å². The second kappa shape index (κ2) is 81.2. The molecule has 0 aromatic rings. The maximum absolute atomic E-state index is 0. The van der Waals surface area contributed by atoms with Crippen molar-refractivity contribution < 1.29 is 27.4 Å². The fourth-order valence-corrected chi connectivity index (χ4v) is 0. The van der Waals surface area contributed by atoms with E-state index in [9.17, 15) is 0 Å². The minimum absolute atomic E-state index is 0. The summed E-state index contributed by atoms with van der Waals surface area (Å²) in [5.74, 6) is 0. The predicted octanol–water partition coefficient (Wildman–Crippen LogP) is -2.12. The molecular weight excluding hydrogens is 673 g/mol. The van der Waals surface area contributed by atoms with Crippen molar-refractivity contribution in [3.63, 3.8) is 0 Å². The molecule has 0 saturated heterocycles. The monoisotopic (exact) mass is 674 g/mol. The fraction of sp³-hybridized carbons (Fsp3) is 0. The number of rotatable bonds is 0. The summed E-state index contributed by atoms with van der Waals surface area (Å²) in [5.41, 5.74) is 0. The fourth-order valence-electron chi connectivity index (χ4n) is 0. The molecule has 0 aliphatic rings. The van der Waals surface area contributed by atoms with Crippen molar-refractivity contribution >= 4 is 143 Å². The van der Waals surface area contributed by atoms with Crippen molar-refractivity contribution in [1.82, 2.24) is 0 Å². The van der Waals surface area contributed by atoms with Crippen molar-refractivity contribution in [2.24, 2.45) is 0 Å². The molecule has 0 saturated carbocycles. The molecular formula is Bi2O5Sr2. The van der Waals surface area contributed by atoms with Crippen LogP contribution in [0.15, 0.2) is 0 Å². The largest absolute Gasteiger partial charge is 3.00 e. The Labute approximate surface area is 166 Å². The van der Waals surface area contributed by atoms with Gasteiger partial charge in [-0.1, -0.05) is 0 Å². The summed E-state index contributed by atoms with van der Waals surface area (Å²) in [4.78, 5) is 0. The van der Waals surface area contributed by atoms with Crippen LogP contribution in [0.2, 0.25) is 0 Å². The molecule has 0 aromatic carbocycles. The van der Waals surface area contributed by atoms with Gasteiger partial charge >= 0.3 is 143 Å². The zero-order chi connectivity index (χ0) is 0. The molecule has 0 N–H and O–H groups in total. The van der Waals surface area contributed by atoms with E-state index in [1.165, 1.54) is 0 Å². The molecule has 0 spiro atoms. The summed E-state index contributed by atoms with van der Waals surface area (Å²) in [6.07, 6.45) is 0. The van der Waals surface area contributed by atoms with Crippen LogP contribution in [0.3, 0.4) is 0 Å². The van der Waals surface area contributed by atoms with Gasteiger partial charge in [0.25, 0.3) is 0 Å². The topological polar surface area (TPSA) is 142 Å². The molecule has 0 atom stereocenters. The van der Waals surface area contributed by atoms with E-state index in [2.05, 4.69) is 0 Å². The molecule has 0 heterocycles. The van der Waals surface area contributed by atoms with Crippen LogP contribution in [0.5, 0.6) is 0 Å². The van der Waals surface area contributed by atoms with E-state index in [1.54, 1.807) is 0 Å². The standard InChI is InChI=1S/2Bi.5O.2Sr/q2*+3;5*-2;2*+2. The van der Waals surface area contributed by atoms with Crippen molar-refractivity contribution in [1.29, 1.82) is 0 Å². The smallest absolute Gasteiger partial charge is 2.00 e. The van der Waals surface area contributed by atoms with E-state index in [0.717, 1.165) is 0 Å². The van der Waals surface area contributed by atoms with Gasteiger partial charge in [-0.3, -0.25) is 0 Å². The Morgan fingerprint density at radius 2 is 0.333 bits per heavy atom. The Balaban J connectivity index is 0. The van der Waals surface area contributed by atoms with Crippen LogP contribution < -0.4 is 0 Å². The molecule has 0 aromatic heterocycles. The van der Waals surface area contributed by atoms with Crippen molar-refractivity contribution in [2.75, 3.05) is 0 Å². The van der Waals surface area contributed by atoms with Crippen LogP contribution in [0.25, 0.3) is 0 Å². The number of hydrogen-bond donors (Lipinski definition) is 0. The minimum atomic E-state index is 0. The minimum Gasteiger partial charge on any atom is -2.00 e. The van der Waals surface area contributed by atoms with Crippen LogP contribution >= 0.6 is 0 Å². The quantitative estimate of drug-likeness (QED) is 0.260. The van der Waals surface area contributed by atoms with E-state index in [1.807, 2.05) is 0 Å². The first-order chi connectivity index (χ1) is 0. The maximum atomic E-state index is 0. The van der Waals surface area contributed by atoms with E-state index >= 15 is 0 Å². The van der Waals surface area contributed by atoms with Gasteiger partial charge in [-0.15, -0.1) is 0 Å². The Morgan fingerprint density at radius 3 is 0.333 bits per heavy atom. The van der Waals surface area contributed by atoms with Crippen LogP contribution in [-0.4, -0.2) is 143 Å². The summed E-state index contributed by atoms with van der Waals surface area (Å²) in [6.45, 7) is 0. The SMILES string of the molecule is [Bi+3].[Bi+3].[O-2].[O-2].[O-2].[O-2].[O-2].[Sr+2].[Sr+2]. The summed E-state index contributed by atoms with van der Waals surface area (Å²) >= 11 is 0. The normalized spacial score (nSPS) is 0. The molecule has 0 aliphatic carbocycles. The Hall–Kier alpha value is 4.53. The van der Waals surface area contributed by atoms with Crippen molar-refractivity contribution in [2.45, 2.75) is 0 Å². The zero-order valence-corrected chi connectivity index (χ0v) is 18.3. The third-order valence-corrected chi connectivity index (χ3v) is 0. The van der Waals surface area contributed by atoms with Crippen molar-refractivity contribution in [3.05, 3.63) is 0 Å². The Bertz CT molecular complexity index is 12.9. The average molecular weight is 673 g/mol. The molecule has 0 aliphatic heterocycles. The van der Waals surface area contributed by atoms with Gasteiger partial charge in [-0.25, -0.2) is 0 Å². The van der Waals surface area contributed by atoms with Gasteiger partial charge in [0.15, 0.2) is 0 Å². The molecule has 0 amide bonds. The molecule has 0 unspecified atom stereocenters. The number of hydrogen-bond acceptors (Lipinski definition) is 0. The van der Waals surface area contributed by atoms with Gasteiger partial charge in [0, 0.05) is 0 Å². The first kappa shape index (κ1) is 104. The summed E-state index contributed by atoms with van der Waals surface area (Å²) in [6, 6.07) is 0. The van der Waals surface area contributed by atoms with Gasteiger partial charge in [0.1, 0.15) is 0 Å². The molecule has 44 valence electrons. The summed E-state index contributed by atoms with van der Waals surface area (Å²) in [7, 11) is 0. The van der Waals surface area contributed by atoms with E-state index in [0.29, 0.717) is 0 Å². The van der Waals surface area contributed by atoms with Crippen LogP contribution in [-0.2, 0) is 27.4 Å². The second-order valence-corrected chi connectivity index (χ2v) is 0. The van der Waals surface area contributed by atoms with Gasteiger partial charge in [-0.05, 0) is 0 Å². The molecule has 4 radical (unpaired) electrons. The van der Waals surface area contributed by atoms with E-state index < -0.39 is 0 Å². The molecule has 0 bridgehead atoms. The van der Waals surface area contributed by atoms with Gasteiger partial charge in [0.05, 0.1) is 0 Å². The van der Waals surface area contributed by atoms with Gasteiger partial charge in [0.2, 0.25) is 0 Å². The molecule has 0 fully saturated rings. The summed E-state index contributed by atoms with van der Waals surface area (Å²) in [5, 5.41) is 0. The predicted molar refractivity (Wildman–Crippen MR) is 26.4 cm³/mol. The van der Waals surface area contributed by atoms with E-state index in [-0.39, 0.29) is 171 Å². The van der Waals surface area contributed by atoms with Crippen LogP contribution in [0, 0.1) is 0 Å². The van der Waals surface area contributed by atoms with E-state index in [4.69, 9.17) is 0 Å². The molecule has 9 heavy (non-hydrogen) atoms. The molecule has 5 nitrogen and oxygen atoms in total. The Morgan fingerprint density at radius 1 is 0.333 bits per heavy atom. The Kier molecular flexibility index (Phi) is 935. The molecule has 0 rings (SSSR count). The summed E-state index contributed by atoms with van der Waals surface area (Å²) < 4.78 is 0. The second-order valence-electron chi connectivity index (χ2n) is 0. The average Bonchev–Trinajstić information content (AvgIpc) is 0.